The highest BCUT2D eigenvalue weighted by atomic mass is 16.3. The molecule has 2 rings (SSSR count). The number of unbranched alkanes of at least 4 members (excludes halogenated alkanes) is 9. The van der Waals surface area contributed by atoms with Gasteiger partial charge in [0.25, 0.3) is 0 Å². The first-order chi connectivity index (χ1) is 12.3. The van der Waals surface area contributed by atoms with Crippen LogP contribution in [0.1, 0.15) is 76.7 Å². The molecule has 1 aromatic carbocycles. The zero-order valence-electron chi connectivity index (χ0n) is 15.6. The third-order valence-corrected chi connectivity index (χ3v) is 4.67. The lowest BCUT2D eigenvalue weighted by molar-refractivity contribution is 0.470. The van der Waals surface area contributed by atoms with Crippen LogP contribution in [0.3, 0.4) is 0 Å². The molecule has 0 amide bonds. The van der Waals surface area contributed by atoms with Gasteiger partial charge in [0.1, 0.15) is 0 Å². The predicted octanol–water partition coefficient (Wildman–Crippen LogP) is 6.31. The number of rotatable bonds is 12. The van der Waals surface area contributed by atoms with Gasteiger partial charge in [0, 0.05) is 5.56 Å². The van der Waals surface area contributed by atoms with Crippen LogP contribution in [0.4, 0.5) is 0 Å². The average molecular weight is 341 g/mol. The highest BCUT2D eigenvalue weighted by molar-refractivity contribution is 5.55. The van der Waals surface area contributed by atoms with Crippen LogP contribution in [-0.2, 0) is 6.42 Å². The van der Waals surface area contributed by atoms with E-state index in [0.717, 1.165) is 12.0 Å². The Labute approximate surface area is 152 Å². The monoisotopic (exact) mass is 340 g/mol. The summed E-state index contributed by atoms with van der Waals surface area (Å²) in [5.74, 6) is 0.754. The highest BCUT2D eigenvalue weighted by Crippen LogP contribution is 2.18. The molecule has 0 fully saturated rings. The molecule has 0 bridgehead atoms. The Bertz CT molecular complexity index is 578. The fourth-order valence-electron chi connectivity index (χ4n) is 3.11. The minimum absolute atomic E-state index is 0.0985. The molecule has 3 heteroatoms. The number of hydrogen-bond acceptors (Lipinski definition) is 3. The lowest BCUT2D eigenvalue weighted by Crippen LogP contribution is -1.90. The van der Waals surface area contributed by atoms with Crippen molar-refractivity contribution < 1.29 is 5.11 Å². The summed E-state index contributed by atoms with van der Waals surface area (Å²) in [6.07, 6.45) is 17.8. The summed E-state index contributed by atoms with van der Waals surface area (Å²) in [7, 11) is 0. The largest absolute Gasteiger partial charge is 0.505 e. The molecule has 0 aliphatic rings. The standard InChI is InChI=1S/C22H32N2O/c1-2-3-4-5-6-7-8-9-10-11-12-19-13-15-20(16-14-19)22-23-17-21(25)18-24-22/h13-18,25H,2-12H2,1H3. The van der Waals surface area contributed by atoms with E-state index >= 15 is 0 Å². The quantitative estimate of drug-likeness (QED) is 0.460. The molecule has 3 nitrogen and oxygen atoms in total. The van der Waals surface area contributed by atoms with Crippen LogP contribution < -0.4 is 0 Å². The van der Waals surface area contributed by atoms with Gasteiger partial charge in [-0.1, -0.05) is 89.0 Å². The second kappa shape index (κ2) is 11.6. The smallest absolute Gasteiger partial charge is 0.159 e. The Morgan fingerprint density at radius 3 is 1.80 bits per heavy atom. The lowest BCUT2D eigenvalue weighted by atomic mass is 10.0. The van der Waals surface area contributed by atoms with Gasteiger partial charge < -0.3 is 5.11 Å². The maximum Gasteiger partial charge on any atom is 0.159 e. The van der Waals surface area contributed by atoms with Crippen molar-refractivity contribution in [3.05, 3.63) is 42.2 Å². The van der Waals surface area contributed by atoms with Gasteiger partial charge in [-0.15, -0.1) is 0 Å². The van der Waals surface area contributed by atoms with Crippen LogP contribution in [0.15, 0.2) is 36.7 Å². The van der Waals surface area contributed by atoms with E-state index in [9.17, 15) is 5.11 Å². The van der Waals surface area contributed by atoms with Gasteiger partial charge in [0.2, 0.25) is 0 Å². The van der Waals surface area contributed by atoms with Crippen molar-refractivity contribution in [3.8, 4) is 17.1 Å². The molecule has 0 spiro atoms. The van der Waals surface area contributed by atoms with Gasteiger partial charge in [-0.2, -0.15) is 0 Å². The van der Waals surface area contributed by atoms with Crippen LogP contribution in [0, 0.1) is 0 Å². The average Bonchev–Trinajstić information content (AvgIpc) is 2.64. The fraction of sp³-hybridized carbons (Fsp3) is 0.545. The van der Waals surface area contributed by atoms with Crippen molar-refractivity contribution in [2.24, 2.45) is 0 Å². The van der Waals surface area contributed by atoms with E-state index in [1.165, 1.54) is 82.2 Å². The zero-order valence-corrected chi connectivity index (χ0v) is 15.6. The van der Waals surface area contributed by atoms with Crippen molar-refractivity contribution in [1.82, 2.24) is 9.97 Å². The van der Waals surface area contributed by atoms with E-state index in [2.05, 4.69) is 41.2 Å². The molecule has 0 saturated heterocycles. The SMILES string of the molecule is CCCCCCCCCCCCc1ccc(-c2ncc(O)cn2)cc1. The number of aromatic nitrogens is 2. The van der Waals surface area contributed by atoms with Crippen molar-refractivity contribution in [2.45, 2.75) is 77.6 Å². The molecule has 0 radical (unpaired) electrons. The minimum Gasteiger partial charge on any atom is -0.505 e. The summed E-state index contributed by atoms with van der Waals surface area (Å²) in [4.78, 5) is 8.29. The van der Waals surface area contributed by atoms with Gasteiger partial charge in [0.05, 0.1) is 12.4 Å². The number of hydrogen-bond donors (Lipinski definition) is 1. The second-order valence-corrected chi connectivity index (χ2v) is 6.89. The number of aromatic hydroxyl groups is 1. The summed E-state index contributed by atoms with van der Waals surface area (Å²) >= 11 is 0. The van der Waals surface area contributed by atoms with Crippen molar-refractivity contribution >= 4 is 0 Å². The zero-order chi connectivity index (χ0) is 17.7. The van der Waals surface area contributed by atoms with Crippen molar-refractivity contribution in [3.63, 3.8) is 0 Å². The summed E-state index contributed by atoms with van der Waals surface area (Å²) in [6.45, 7) is 2.27. The van der Waals surface area contributed by atoms with E-state index in [-0.39, 0.29) is 5.75 Å². The lowest BCUT2D eigenvalue weighted by Gasteiger charge is -2.05. The summed E-state index contributed by atoms with van der Waals surface area (Å²) in [5.41, 5.74) is 2.37. The van der Waals surface area contributed by atoms with Gasteiger partial charge in [-0.3, -0.25) is 0 Å². The molecule has 136 valence electrons. The molecular weight excluding hydrogens is 308 g/mol. The summed E-state index contributed by atoms with van der Waals surface area (Å²) in [6, 6.07) is 8.47. The Hall–Kier alpha value is -1.90. The number of aryl methyl sites for hydroxylation is 1. The van der Waals surface area contributed by atoms with Gasteiger partial charge in [0.15, 0.2) is 11.6 Å². The van der Waals surface area contributed by atoms with E-state index in [1.54, 1.807) is 0 Å². The Balaban J connectivity index is 1.58. The normalized spacial score (nSPS) is 10.9. The second-order valence-electron chi connectivity index (χ2n) is 6.89. The number of benzene rings is 1. The maximum atomic E-state index is 9.25. The Kier molecular flexibility index (Phi) is 9.03. The molecule has 1 heterocycles. The first-order valence-electron chi connectivity index (χ1n) is 9.90. The first kappa shape index (κ1) is 19.4. The molecule has 0 aliphatic heterocycles. The molecule has 0 aliphatic carbocycles. The van der Waals surface area contributed by atoms with Crippen LogP contribution in [0.25, 0.3) is 11.4 Å². The van der Waals surface area contributed by atoms with Crippen molar-refractivity contribution in [1.29, 1.82) is 0 Å². The van der Waals surface area contributed by atoms with Crippen LogP contribution >= 0.6 is 0 Å². The summed E-state index contributed by atoms with van der Waals surface area (Å²) < 4.78 is 0. The van der Waals surface area contributed by atoms with E-state index < -0.39 is 0 Å². The molecule has 0 unspecified atom stereocenters. The van der Waals surface area contributed by atoms with E-state index in [1.807, 2.05) is 0 Å². The third kappa shape index (κ3) is 7.68. The molecule has 25 heavy (non-hydrogen) atoms. The van der Waals surface area contributed by atoms with Crippen molar-refractivity contribution in [2.75, 3.05) is 0 Å². The molecule has 0 atom stereocenters. The fourth-order valence-corrected chi connectivity index (χ4v) is 3.11. The molecule has 1 N–H and O–H groups in total. The van der Waals surface area contributed by atoms with Crippen LogP contribution in [0.5, 0.6) is 5.75 Å². The van der Waals surface area contributed by atoms with Crippen LogP contribution in [-0.4, -0.2) is 15.1 Å². The molecule has 1 aromatic heterocycles. The predicted molar refractivity (Wildman–Crippen MR) is 105 cm³/mol. The van der Waals surface area contributed by atoms with Gasteiger partial charge in [-0.25, -0.2) is 9.97 Å². The van der Waals surface area contributed by atoms with Gasteiger partial charge >= 0.3 is 0 Å². The molecule has 0 saturated carbocycles. The minimum atomic E-state index is 0.0985. The number of nitrogens with zero attached hydrogens (tertiary/aromatic N) is 2. The topological polar surface area (TPSA) is 46.0 Å². The van der Waals surface area contributed by atoms with Crippen LogP contribution in [0.2, 0.25) is 0 Å². The van der Waals surface area contributed by atoms with E-state index in [4.69, 9.17) is 0 Å². The summed E-state index contributed by atoms with van der Waals surface area (Å²) in [5, 5.41) is 9.25. The first-order valence-corrected chi connectivity index (χ1v) is 9.90. The Morgan fingerprint density at radius 1 is 0.720 bits per heavy atom. The Morgan fingerprint density at radius 2 is 1.24 bits per heavy atom. The maximum absolute atomic E-state index is 9.25. The molecule has 2 aromatic rings. The highest BCUT2D eigenvalue weighted by Gasteiger charge is 2.01. The van der Waals surface area contributed by atoms with Gasteiger partial charge in [-0.05, 0) is 18.4 Å². The third-order valence-electron chi connectivity index (χ3n) is 4.67. The van der Waals surface area contributed by atoms with E-state index in [0.29, 0.717) is 5.82 Å². The molecular formula is C22H32N2O.